The minimum atomic E-state index is -0.725. The van der Waals surface area contributed by atoms with Crippen molar-refractivity contribution in [2.45, 2.75) is 19.8 Å². The van der Waals surface area contributed by atoms with Gasteiger partial charge in [0, 0.05) is 30.3 Å². The highest BCUT2D eigenvalue weighted by molar-refractivity contribution is 6.40. The molecule has 0 radical (unpaired) electrons. The molecule has 0 saturated carbocycles. The number of amides is 3. The number of nitrogens with zero attached hydrogens (tertiary/aromatic N) is 1. The molecule has 2 N–H and O–H groups in total. The maximum absolute atomic E-state index is 12.0. The molecule has 0 spiro atoms. The molecular formula is C17H22ClN3O4. The van der Waals surface area contributed by atoms with Gasteiger partial charge in [0.2, 0.25) is 0 Å². The lowest BCUT2D eigenvalue weighted by molar-refractivity contribution is -0.136. The molecule has 0 aromatic heterocycles. The zero-order chi connectivity index (χ0) is 18.4. The number of halogens is 1. The number of rotatable bonds is 3. The largest absolute Gasteiger partial charge is 0.453 e. The number of carbonyl (C=O) groups is 3. The first-order valence-electron chi connectivity index (χ1n) is 8.09. The Balaban J connectivity index is 1.78. The van der Waals surface area contributed by atoms with Crippen molar-refractivity contribution in [1.29, 1.82) is 0 Å². The van der Waals surface area contributed by atoms with E-state index in [1.165, 1.54) is 7.11 Å². The van der Waals surface area contributed by atoms with Crippen LogP contribution in [-0.4, -0.2) is 49.6 Å². The highest BCUT2D eigenvalue weighted by Gasteiger charge is 2.24. The quantitative estimate of drug-likeness (QED) is 0.801. The number of likely N-dealkylation sites (tertiary alicyclic amines) is 1. The van der Waals surface area contributed by atoms with Gasteiger partial charge in [-0.25, -0.2) is 4.79 Å². The van der Waals surface area contributed by atoms with Gasteiger partial charge < -0.3 is 20.3 Å². The number of piperidine rings is 1. The van der Waals surface area contributed by atoms with E-state index in [0.717, 1.165) is 12.8 Å². The highest BCUT2D eigenvalue weighted by atomic mass is 35.5. The Labute approximate surface area is 151 Å². The Hall–Kier alpha value is -2.28. The molecule has 2 rings (SSSR count). The minimum absolute atomic E-state index is 0.227. The van der Waals surface area contributed by atoms with Crippen LogP contribution >= 0.6 is 11.6 Å². The van der Waals surface area contributed by atoms with Gasteiger partial charge in [0.1, 0.15) is 0 Å². The van der Waals surface area contributed by atoms with Gasteiger partial charge in [-0.05, 0) is 43.4 Å². The van der Waals surface area contributed by atoms with Crippen LogP contribution in [0.25, 0.3) is 0 Å². The second-order valence-electron chi connectivity index (χ2n) is 5.98. The molecular weight excluding hydrogens is 346 g/mol. The van der Waals surface area contributed by atoms with Crippen molar-refractivity contribution >= 4 is 35.2 Å². The van der Waals surface area contributed by atoms with E-state index in [2.05, 4.69) is 15.4 Å². The van der Waals surface area contributed by atoms with Crippen LogP contribution in [-0.2, 0) is 14.3 Å². The van der Waals surface area contributed by atoms with E-state index >= 15 is 0 Å². The van der Waals surface area contributed by atoms with E-state index in [1.54, 1.807) is 30.0 Å². The van der Waals surface area contributed by atoms with E-state index in [9.17, 15) is 14.4 Å². The van der Waals surface area contributed by atoms with Gasteiger partial charge in [-0.15, -0.1) is 0 Å². The maximum atomic E-state index is 12.0. The SMILES string of the molecule is COC(=O)N1CCC(CNC(=O)C(=O)Nc2cccc(Cl)c2C)CC1. The molecule has 3 amide bonds. The molecule has 1 heterocycles. The average molecular weight is 368 g/mol. The fraction of sp³-hybridized carbons (Fsp3) is 0.471. The Kier molecular flexibility index (Phi) is 6.64. The molecule has 7 nitrogen and oxygen atoms in total. The normalized spacial score (nSPS) is 14.8. The van der Waals surface area contributed by atoms with Crippen molar-refractivity contribution in [2.75, 3.05) is 32.1 Å². The topological polar surface area (TPSA) is 87.7 Å². The molecule has 8 heteroatoms. The second-order valence-corrected chi connectivity index (χ2v) is 6.38. The van der Waals surface area contributed by atoms with Crippen LogP contribution in [0, 0.1) is 12.8 Å². The third kappa shape index (κ3) is 5.09. The summed E-state index contributed by atoms with van der Waals surface area (Å²) >= 11 is 6.00. The third-order valence-electron chi connectivity index (χ3n) is 4.32. The van der Waals surface area contributed by atoms with Crippen molar-refractivity contribution in [3.05, 3.63) is 28.8 Å². The van der Waals surface area contributed by atoms with Crippen molar-refractivity contribution in [3.8, 4) is 0 Å². The predicted molar refractivity (Wildman–Crippen MR) is 94.5 cm³/mol. The van der Waals surface area contributed by atoms with Crippen molar-refractivity contribution in [1.82, 2.24) is 10.2 Å². The fourth-order valence-corrected chi connectivity index (χ4v) is 2.86. The number of hydrogen-bond donors (Lipinski definition) is 2. The van der Waals surface area contributed by atoms with Crippen LogP contribution in [0.5, 0.6) is 0 Å². The number of methoxy groups -OCH3 is 1. The van der Waals surface area contributed by atoms with E-state index in [-0.39, 0.29) is 12.0 Å². The summed E-state index contributed by atoms with van der Waals surface area (Å²) in [6.45, 7) is 3.34. The fourth-order valence-electron chi connectivity index (χ4n) is 2.69. The maximum Gasteiger partial charge on any atom is 0.409 e. The van der Waals surface area contributed by atoms with Crippen LogP contribution < -0.4 is 10.6 Å². The molecule has 0 atom stereocenters. The predicted octanol–water partition coefficient (Wildman–Crippen LogP) is 2.18. The van der Waals surface area contributed by atoms with E-state index < -0.39 is 11.8 Å². The summed E-state index contributed by atoms with van der Waals surface area (Å²) < 4.78 is 4.68. The molecule has 1 saturated heterocycles. The molecule has 136 valence electrons. The molecule has 1 fully saturated rings. The van der Waals surface area contributed by atoms with E-state index in [4.69, 9.17) is 11.6 Å². The van der Waals surface area contributed by atoms with Crippen LogP contribution in [0.1, 0.15) is 18.4 Å². The van der Waals surface area contributed by atoms with Crippen molar-refractivity contribution < 1.29 is 19.1 Å². The first-order chi connectivity index (χ1) is 11.9. The minimum Gasteiger partial charge on any atom is -0.453 e. The number of nitrogens with one attached hydrogen (secondary N) is 2. The lowest BCUT2D eigenvalue weighted by Crippen LogP contribution is -2.43. The monoisotopic (exact) mass is 367 g/mol. The van der Waals surface area contributed by atoms with Gasteiger partial charge in [-0.2, -0.15) is 0 Å². The summed E-state index contributed by atoms with van der Waals surface area (Å²) in [6.07, 6.45) is 1.17. The van der Waals surface area contributed by atoms with Crippen molar-refractivity contribution in [3.63, 3.8) is 0 Å². The summed E-state index contributed by atoms with van der Waals surface area (Å²) in [5, 5.41) is 5.73. The Morgan fingerprint density at radius 2 is 1.92 bits per heavy atom. The second kappa shape index (κ2) is 8.71. The number of hydrogen-bond acceptors (Lipinski definition) is 4. The number of carbonyl (C=O) groups excluding carboxylic acids is 3. The van der Waals surface area contributed by atoms with Gasteiger partial charge in [-0.3, -0.25) is 9.59 Å². The molecule has 1 aromatic carbocycles. The number of anilines is 1. The lowest BCUT2D eigenvalue weighted by atomic mass is 9.97. The Morgan fingerprint density at radius 3 is 2.56 bits per heavy atom. The zero-order valence-electron chi connectivity index (χ0n) is 14.3. The van der Waals surface area contributed by atoms with Gasteiger partial charge in [-0.1, -0.05) is 17.7 Å². The average Bonchev–Trinajstić information content (AvgIpc) is 2.63. The molecule has 0 aliphatic carbocycles. The molecule has 0 bridgehead atoms. The molecule has 1 aromatic rings. The van der Waals surface area contributed by atoms with Gasteiger partial charge in [0.15, 0.2) is 0 Å². The molecule has 0 unspecified atom stereocenters. The Morgan fingerprint density at radius 1 is 1.24 bits per heavy atom. The number of ether oxygens (including phenoxy) is 1. The lowest BCUT2D eigenvalue weighted by Gasteiger charge is -2.30. The van der Waals surface area contributed by atoms with Gasteiger partial charge in [0.05, 0.1) is 7.11 Å². The summed E-state index contributed by atoms with van der Waals surface area (Å²) in [7, 11) is 1.36. The smallest absolute Gasteiger partial charge is 0.409 e. The van der Waals surface area contributed by atoms with Gasteiger partial charge >= 0.3 is 17.9 Å². The molecule has 1 aliphatic heterocycles. The van der Waals surface area contributed by atoms with Crippen LogP contribution in [0.2, 0.25) is 5.02 Å². The van der Waals surface area contributed by atoms with Gasteiger partial charge in [0.25, 0.3) is 0 Å². The zero-order valence-corrected chi connectivity index (χ0v) is 15.1. The Bertz CT molecular complexity index is 657. The highest BCUT2D eigenvalue weighted by Crippen LogP contribution is 2.22. The summed E-state index contributed by atoms with van der Waals surface area (Å²) in [5.74, 6) is -1.18. The summed E-state index contributed by atoms with van der Waals surface area (Å²) in [5.41, 5.74) is 1.22. The summed E-state index contributed by atoms with van der Waals surface area (Å²) in [4.78, 5) is 37.0. The van der Waals surface area contributed by atoms with Crippen LogP contribution in [0.4, 0.5) is 10.5 Å². The molecule has 25 heavy (non-hydrogen) atoms. The van der Waals surface area contributed by atoms with Crippen LogP contribution in [0.15, 0.2) is 18.2 Å². The first-order valence-corrected chi connectivity index (χ1v) is 8.47. The number of benzene rings is 1. The van der Waals surface area contributed by atoms with Crippen LogP contribution in [0.3, 0.4) is 0 Å². The summed E-state index contributed by atoms with van der Waals surface area (Å²) in [6, 6.07) is 5.11. The van der Waals surface area contributed by atoms with E-state index in [1.807, 2.05) is 0 Å². The van der Waals surface area contributed by atoms with Crippen molar-refractivity contribution in [2.24, 2.45) is 5.92 Å². The first kappa shape index (κ1) is 19.1. The van der Waals surface area contributed by atoms with E-state index in [0.29, 0.717) is 35.9 Å². The third-order valence-corrected chi connectivity index (χ3v) is 4.73. The standard InChI is InChI=1S/C17H22ClN3O4/c1-11-13(18)4-3-5-14(11)20-16(23)15(22)19-10-12-6-8-21(9-7-12)17(24)25-2/h3-5,12H,6-10H2,1-2H3,(H,19,22)(H,20,23). The molecule has 1 aliphatic rings.